The Labute approximate surface area is 152 Å². The highest BCUT2D eigenvalue weighted by Crippen LogP contribution is 2.36. The van der Waals surface area contributed by atoms with Gasteiger partial charge in [-0.3, -0.25) is 5.32 Å². The Kier molecular flexibility index (Phi) is 5.10. The fourth-order valence-electron chi connectivity index (χ4n) is 2.18. The SMILES string of the molecule is CC(C)(C)OC(=O)Nc1cc(B2OC(C)(C)C(C)(C)O2)ccc1Br. The van der Waals surface area contributed by atoms with Gasteiger partial charge in [0.2, 0.25) is 0 Å². The molecule has 132 valence electrons. The summed E-state index contributed by atoms with van der Waals surface area (Å²) in [6.45, 7) is 13.5. The van der Waals surface area contributed by atoms with Crippen molar-refractivity contribution in [1.82, 2.24) is 0 Å². The van der Waals surface area contributed by atoms with Crippen LogP contribution in [-0.2, 0) is 14.0 Å². The molecule has 2 rings (SSSR count). The van der Waals surface area contributed by atoms with Gasteiger partial charge in [0.25, 0.3) is 0 Å². The number of hydrogen-bond donors (Lipinski definition) is 1. The van der Waals surface area contributed by atoms with Crippen LogP contribution in [0.3, 0.4) is 0 Å². The minimum absolute atomic E-state index is 0.413. The maximum absolute atomic E-state index is 12.0. The Morgan fingerprint density at radius 1 is 1.17 bits per heavy atom. The number of carbonyl (C=O) groups is 1. The van der Waals surface area contributed by atoms with Crippen LogP contribution < -0.4 is 10.8 Å². The molecule has 1 aromatic carbocycles. The standard InChI is InChI=1S/C17H25BBrNO4/c1-15(2,3)22-14(21)20-13-10-11(8-9-12(13)19)18-23-16(4,5)17(6,7)24-18/h8-10H,1-7H3,(H,20,21). The molecule has 1 saturated heterocycles. The summed E-state index contributed by atoms with van der Waals surface area (Å²) >= 11 is 3.44. The summed E-state index contributed by atoms with van der Waals surface area (Å²) in [4.78, 5) is 12.0. The molecule has 1 heterocycles. The van der Waals surface area contributed by atoms with Crippen molar-refractivity contribution >= 4 is 40.3 Å². The summed E-state index contributed by atoms with van der Waals surface area (Å²) < 4.78 is 18.2. The zero-order valence-electron chi connectivity index (χ0n) is 15.3. The van der Waals surface area contributed by atoms with Crippen molar-refractivity contribution in [2.75, 3.05) is 5.32 Å². The fraction of sp³-hybridized carbons (Fsp3) is 0.588. The predicted molar refractivity (Wildman–Crippen MR) is 99.7 cm³/mol. The first-order valence-electron chi connectivity index (χ1n) is 7.96. The largest absolute Gasteiger partial charge is 0.494 e. The smallest absolute Gasteiger partial charge is 0.444 e. The van der Waals surface area contributed by atoms with Crippen LogP contribution in [0.1, 0.15) is 48.5 Å². The van der Waals surface area contributed by atoms with E-state index in [-0.39, 0.29) is 0 Å². The van der Waals surface area contributed by atoms with Crippen LogP contribution >= 0.6 is 15.9 Å². The maximum atomic E-state index is 12.0. The van der Waals surface area contributed by atoms with Crippen LogP contribution in [0.25, 0.3) is 0 Å². The predicted octanol–water partition coefficient (Wildman–Crippen LogP) is 4.10. The quantitative estimate of drug-likeness (QED) is 0.763. The van der Waals surface area contributed by atoms with Crippen LogP contribution in [-0.4, -0.2) is 30.0 Å². The molecule has 0 aromatic heterocycles. The van der Waals surface area contributed by atoms with Gasteiger partial charge < -0.3 is 14.0 Å². The number of amides is 1. The molecule has 1 aromatic rings. The zero-order chi connectivity index (χ0) is 18.3. The molecule has 7 heteroatoms. The highest BCUT2D eigenvalue weighted by molar-refractivity contribution is 9.10. The molecule has 0 radical (unpaired) electrons. The van der Waals surface area contributed by atoms with E-state index < -0.39 is 30.0 Å². The number of nitrogens with one attached hydrogen (secondary N) is 1. The van der Waals surface area contributed by atoms with Crippen molar-refractivity contribution in [2.24, 2.45) is 0 Å². The summed E-state index contributed by atoms with van der Waals surface area (Å²) in [5.41, 5.74) is 0.0618. The Morgan fingerprint density at radius 2 is 1.71 bits per heavy atom. The van der Waals surface area contributed by atoms with E-state index in [9.17, 15) is 4.79 Å². The number of anilines is 1. The average Bonchev–Trinajstić information content (AvgIpc) is 2.59. The third-order valence-electron chi connectivity index (χ3n) is 4.15. The van der Waals surface area contributed by atoms with E-state index in [2.05, 4.69) is 21.2 Å². The van der Waals surface area contributed by atoms with E-state index >= 15 is 0 Å². The minimum Gasteiger partial charge on any atom is -0.444 e. The molecule has 1 aliphatic heterocycles. The van der Waals surface area contributed by atoms with Crippen molar-refractivity contribution in [1.29, 1.82) is 0 Å². The van der Waals surface area contributed by atoms with E-state index in [1.807, 2.05) is 66.7 Å². The van der Waals surface area contributed by atoms with E-state index in [1.165, 1.54) is 0 Å². The van der Waals surface area contributed by atoms with E-state index in [1.54, 1.807) is 0 Å². The summed E-state index contributed by atoms with van der Waals surface area (Å²) in [5, 5.41) is 2.75. The van der Waals surface area contributed by atoms with E-state index in [4.69, 9.17) is 14.0 Å². The molecule has 24 heavy (non-hydrogen) atoms. The summed E-state index contributed by atoms with van der Waals surface area (Å²) in [6, 6.07) is 5.59. The number of rotatable bonds is 2. The summed E-state index contributed by atoms with van der Waals surface area (Å²) in [7, 11) is -0.484. The highest BCUT2D eigenvalue weighted by Gasteiger charge is 2.51. The minimum atomic E-state index is -0.556. The molecule has 1 amide bonds. The third kappa shape index (κ3) is 4.32. The van der Waals surface area contributed by atoms with Gasteiger partial charge in [-0.05, 0) is 82.0 Å². The lowest BCUT2D eigenvalue weighted by atomic mass is 9.79. The normalized spacial score (nSPS) is 19.2. The van der Waals surface area contributed by atoms with E-state index in [0.717, 1.165) is 9.94 Å². The second kappa shape index (κ2) is 6.35. The lowest BCUT2D eigenvalue weighted by Crippen LogP contribution is -2.41. The van der Waals surface area contributed by atoms with Crippen LogP contribution in [0.15, 0.2) is 22.7 Å². The molecule has 1 fully saturated rings. The van der Waals surface area contributed by atoms with Gasteiger partial charge in [-0.2, -0.15) is 0 Å². The van der Waals surface area contributed by atoms with Crippen molar-refractivity contribution in [3.63, 3.8) is 0 Å². The molecule has 1 N–H and O–H groups in total. The van der Waals surface area contributed by atoms with Gasteiger partial charge in [0.1, 0.15) is 5.60 Å². The summed E-state index contributed by atoms with van der Waals surface area (Å²) in [5.74, 6) is 0. The molecule has 0 atom stereocenters. The first-order valence-corrected chi connectivity index (χ1v) is 8.75. The average molecular weight is 398 g/mol. The first kappa shape index (κ1) is 19.3. The lowest BCUT2D eigenvalue weighted by molar-refractivity contribution is 0.00578. The molecule has 0 aliphatic carbocycles. The van der Waals surface area contributed by atoms with Gasteiger partial charge in [-0.1, -0.05) is 6.07 Å². The fourth-order valence-corrected chi connectivity index (χ4v) is 2.52. The molecular weight excluding hydrogens is 373 g/mol. The number of ether oxygens (including phenoxy) is 1. The molecule has 0 spiro atoms. The molecule has 5 nitrogen and oxygen atoms in total. The van der Waals surface area contributed by atoms with Gasteiger partial charge in [0.15, 0.2) is 0 Å². The van der Waals surface area contributed by atoms with Crippen molar-refractivity contribution in [2.45, 2.75) is 65.3 Å². The van der Waals surface area contributed by atoms with Gasteiger partial charge in [0, 0.05) is 4.47 Å². The Hall–Kier alpha value is -1.05. The Bertz CT molecular complexity index is 624. The highest BCUT2D eigenvalue weighted by atomic mass is 79.9. The molecule has 1 aliphatic rings. The van der Waals surface area contributed by atoms with Crippen molar-refractivity contribution in [3.8, 4) is 0 Å². The number of carbonyl (C=O) groups excluding carboxylic acids is 1. The van der Waals surface area contributed by atoms with Crippen molar-refractivity contribution < 1.29 is 18.8 Å². The topological polar surface area (TPSA) is 56.8 Å². The van der Waals surface area contributed by atoms with Gasteiger partial charge in [0.05, 0.1) is 16.9 Å². The lowest BCUT2D eigenvalue weighted by Gasteiger charge is -2.32. The molecule has 0 bridgehead atoms. The Balaban J connectivity index is 2.19. The maximum Gasteiger partial charge on any atom is 0.494 e. The molecular formula is C17H25BBrNO4. The molecule has 0 unspecified atom stereocenters. The van der Waals surface area contributed by atoms with Gasteiger partial charge in [-0.25, -0.2) is 4.79 Å². The second-order valence-corrected chi connectivity index (χ2v) is 8.81. The van der Waals surface area contributed by atoms with Crippen molar-refractivity contribution in [3.05, 3.63) is 22.7 Å². The van der Waals surface area contributed by atoms with Gasteiger partial charge in [-0.15, -0.1) is 0 Å². The molecule has 0 saturated carbocycles. The second-order valence-electron chi connectivity index (χ2n) is 7.95. The summed E-state index contributed by atoms with van der Waals surface area (Å²) in [6.07, 6.45) is -0.505. The number of benzene rings is 1. The zero-order valence-corrected chi connectivity index (χ0v) is 16.9. The van der Waals surface area contributed by atoms with Crippen LogP contribution in [0.4, 0.5) is 10.5 Å². The number of hydrogen-bond acceptors (Lipinski definition) is 4. The first-order chi connectivity index (χ1) is 10.8. The third-order valence-corrected chi connectivity index (χ3v) is 4.84. The Morgan fingerprint density at radius 3 is 2.21 bits per heavy atom. The van der Waals surface area contributed by atoms with Crippen LogP contribution in [0, 0.1) is 0 Å². The number of halogens is 1. The van der Waals surface area contributed by atoms with Crippen LogP contribution in [0.2, 0.25) is 0 Å². The van der Waals surface area contributed by atoms with E-state index in [0.29, 0.717) is 5.69 Å². The monoisotopic (exact) mass is 397 g/mol. The van der Waals surface area contributed by atoms with Crippen LogP contribution in [0.5, 0.6) is 0 Å². The van der Waals surface area contributed by atoms with Gasteiger partial charge >= 0.3 is 13.2 Å².